The molecule has 1 aliphatic heterocycles. The van der Waals surface area contributed by atoms with E-state index >= 15 is 0 Å². The molecule has 7 atom stereocenters. The molecule has 1 N–H and O–H groups in total. The number of allylic oxidation sites excluding steroid dienone is 1. The van der Waals surface area contributed by atoms with E-state index in [9.17, 15) is 28.7 Å². The maximum Gasteiger partial charge on any atom is 0.320 e. The van der Waals surface area contributed by atoms with E-state index in [1.165, 1.54) is 39.0 Å². The molecule has 2 aliphatic rings. The number of aliphatic hydroxyl groups is 1. The predicted molar refractivity (Wildman–Crippen MR) is 219 cm³/mol. The van der Waals surface area contributed by atoms with Gasteiger partial charge in [-0.25, -0.2) is 4.39 Å². The van der Waals surface area contributed by atoms with Crippen molar-refractivity contribution in [1.82, 2.24) is 4.90 Å². The first-order chi connectivity index (χ1) is 27.7. The Kier molecular flexibility index (Phi) is 23.8. The summed E-state index contributed by atoms with van der Waals surface area (Å²) in [5.41, 5.74) is 0.863. The summed E-state index contributed by atoms with van der Waals surface area (Å²) >= 11 is 0. The molecule has 5 unspecified atom stereocenters. The summed E-state index contributed by atoms with van der Waals surface area (Å²) in [6, 6.07) is 6.35. The van der Waals surface area contributed by atoms with Crippen molar-refractivity contribution in [2.75, 3.05) is 26.9 Å². The first-order valence-electron chi connectivity index (χ1n) is 22.1. The lowest BCUT2D eigenvalue weighted by Crippen LogP contribution is -2.34. The third-order valence-corrected chi connectivity index (χ3v) is 11.5. The molecule has 3 rings (SSSR count). The van der Waals surface area contributed by atoms with Crippen molar-refractivity contribution in [3.8, 4) is 0 Å². The van der Waals surface area contributed by atoms with Crippen LogP contribution in [0, 0.1) is 11.7 Å². The van der Waals surface area contributed by atoms with Crippen LogP contribution in [0.2, 0.25) is 0 Å². The van der Waals surface area contributed by atoms with Crippen LogP contribution in [-0.2, 0) is 38.1 Å². The van der Waals surface area contributed by atoms with E-state index in [4.69, 9.17) is 18.9 Å². The van der Waals surface area contributed by atoms with Gasteiger partial charge in [0.25, 0.3) is 0 Å². The smallest absolute Gasteiger partial charge is 0.320 e. The monoisotopic (exact) mass is 802 g/mol. The van der Waals surface area contributed by atoms with E-state index in [-0.39, 0.29) is 60.2 Å². The van der Waals surface area contributed by atoms with Gasteiger partial charge < -0.3 is 24.1 Å². The number of aliphatic hydroxyl groups excluding tert-OH is 1. The van der Waals surface area contributed by atoms with Crippen LogP contribution >= 0.6 is 0 Å². The first-order valence-corrected chi connectivity index (χ1v) is 22.1. The number of unbranched alkanes of at least 4 members (excludes halogenated alkanes) is 14. The molecule has 11 heteroatoms. The number of halogens is 1. The zero-order chi connectivity index (χ0) is 41.3. The van der Waals surface area contributed by atoms with Gasteiger partial charge in [-0.1, -0.05) is 102 Å². The fourth-order valence-electron chi connectivity index (χ4n) is 8.24. The largest absolute Gasteiger partial charge is 0.469 e. The number of fused-ring (bicyclic) bond motifs is 1. The van der Waals surface area contributed by atoms with E-state index in [1.54, 1.807) is 12.1 Å². The maximum atomic E-state index is 13.7. The van der Waals surface area contributed by atoms with E-state index in [0.717, 1.165) is 108 Å². The molecule has 1 aromatic rings. The molecule has 0 amide bonds. The highest BCUT2D eigenvalue weighted by Crippen LogP contribution is 2.51. The Hall–Kier alpha value is -3.31. The summed E-state index contributed by atoms with van der Waals surface area (Å²) in [5, 5.41) is 11.1. The second-order valence-corrected chi connectivity index (χ2v) is 16.0. The highest BCUT2D eigenvalue weighted by atomic mass is 19.1. The van der Waals surface area contributed by atoms with E-state index in [1.807, 2.05) is 6.08 Å². The van der Waals surface area contributed by atoms with Gasteiger partial charge in [-0.3, -0.25) is 24.1 Å². The summed E-state index contributed by atoms with van der Waals surface area (Å²) in [6.07, 6.45) is 23.1. The zero-order valence-electron chi connectivity index (χ0n) is 35.1. The van der Waals surface area contributed by atoms with Gasteiger partial charge >= 0.3 is 23.9 Å². The highest BCUT2D eigenvalue weighted by Gasteiger charge is 2.59. The number of carbonyl (C=O) groups excluding carboxylic acids is 4. The number of benzene rings is 1. The van der Waals surface area contributed by atoms with Crippen molar-refractivity contribution in [2.24, 2.45) is 5.92 Å². The van der Waals surface area contributed by atoms with Gasteiger partial charge in [0.2, 0.25) is 0 Å². The Morgan fingerprint density at radius 3 is 2.09 bits per heavy atom. The fourth-order valence-corrected chi connectivity index (χ4v) is 8.24. The molecule has 1 heterocycles. The third-order valence-electron chi connectivity index (χ3n) is 11.5. The number of carbonyl (C=O) groups is 4. The van der Waals surface area contributed by atoms with Crippen molar-refractivity contribution >= 4 is 23.9 Å². The molecule has 322 valence electrons. The van der Waals surface area contributed by atoms with Crippen LogP contribution in [0.4, 0.5) is 4.39 Å². The Labute approximate surface area is 341 Å². The van der Waals surface area contributed by atoms with Crippen LogP contribution in [0.5, 0.6) is 0 Å². The predicted octanol–water partition coefficient (Wildman–Crippen LogP) is 9.30. The van der Waals surface area contributed by atoms with Crippen LogP contribution in [0.25, 0.3) is 0 Å². The Bertz CT molecular complexity index is 1340. The van der Waals surface area contributed by atoms with Crippen LogP contribution < -0.4 is 0 Å². The summed E-state index contributed by atoms with van der Waals surface area (Å²) in [5.74, 6) is -1.87. The molecule has 0 bridgehead atoms. The molecule has 1 saturated carbocycles. The molecular formula is C46H72FNO9. The summed E-state index contributed by atoms with van der Waals surface area (Å²) in [4.78, 5) is 50.9. The zero-order valence-corrected chi connectivity index (χ0v) is 35.1. The molecule has 2 fully saturated rings. The normalized spacial score (nSPS) is 21.0. The van der Waals surface area contributed by atoms with Gasteiger partial charge in [-0.05, 0) is 81.9 Å². The van der Waals surface area contributed by atoms with Crippen LogP contribution in [-0.4, -0.2) is 85.0 Å². The Balaban J connectivity index is 1.26. The maximum absolute atomic E-state index is 13.7. The lowest BCUT2D eigenvalue weighted by molar-refractivity contribution is -0.155. The quantitative estimate of drug-likeness (QED) is 0.0255. The van der Waals surface area contributed by atoms with Gasteiger partial charge in [0, 0.05) is 31.3 Å². The fraction of sp³-hybridized carbons (Fsp3) is 0.739. The number of nitrogens with zero attached hydrogens (tertiary/aromatic N) is 1. The molecule has 1 aromatic carbocycles. The molecule has 0 aromatic heterocycles. The average molecular weight is 802 g/mol. The average Bonchev–Trinajstić information content (AvgIpc) is 3.89. The van der Waals surface area contributed by atoms with Crippen LogP contribution in [0.3, 0.4) is 0 Å². The van der Waals surface area contributed by atoms with Gasteiger partial charge in [-0.15, -0.1) is 0 Å². The number of ether oxygens (including phenoxy) is 4. The molecular weight excluding hydrogens is 730 g/mol. The van der Waals surface area contributed by atoms with E-state index < -0.39 is 12.2 Å². The van der Waals surface area contributed by atoms with Crippen molar-refractivity contribution in [3.05, 3.63) is 47.8 Å². The minimum absolute atomic E-state index is 0.0332. The number of hydrogen-bond donors (Lipinski definition) is 1. The van der Waals surface area contributed by atoms with Crippen molar-refractivity contribution in [1.29, 1.82) is 0 Å². The Morgan fingerprint density at radius 1 is 0.807 bits per heavy atom. The molecule has 57 heavy (non-hydrogen) atoms. The SMILES string of the molecule is CCCCCC(OC(=O)CN1C2CCC(C(=O)OC)[C@H](c3ccc(F)cc3)[C@H]21)C(O)CC=CCCCCCCCC(=O)OCCCCCCCCCCOC(C)=O. The van der Waals surface area contributed by atoms with Gasteiger partial charge in [0.1, 0.15) is 11.9 Å². The molecule has 0 radical (unpaired) electrons. The van der Waals surface area contributed by atoms with Crippen molar-refractivity contribution < 1.29 is 47.6 Å². The van der Waals surface area contributed by atoms with Crippen LogP contribution in [0.1, 0.15) is 167 Å². The van der Waals surface area contributed by atoms with Gasteiger partial charge in [-0.2, -0.15) is 0 Å². The standard InChI is InChI=1S/C46H72FNO9/c1-4-5-18-24-41(57-43(52)34-48-39-31-30-38(46(53)54-3)44(45(39)48)36-26-28-37(47)29-27-36)40(50)23-19-14-10-6-7-11-15-20-25-42(51)56-33-22-17-13-9-8-12-16-21-32-55-35(2)49/h14,19,26-29,38-41,44-45,50H,4-13,15-18,20-25,30-34H2,1-3H3/t38?,39?,40?,41?,44-,45-,48?/m0/s1. The number of methoxy groups -OCH3 is 1. The Morgan fingerprint density at radius 2 is 1.44 bits per heavy atom. The van der Waals surface area contributed by atoms with Crippen molar-refractivity contribution in [2.45, 2.75) is 185 Å². The number of esters is 4. The van der Waals surface area contributed by atoms with Gasteiger partial charge in [0.05, 0.1) is 38.9 Å². The number of hydrogen-bond acceptors (Lipinski definition) is 10. The van der Waals surface area contributed by atoms with E-state index in [2.05, 4.69) is 17.9 Å². The first kappa shape index (κ1) is 48.1. The number of rotatable bonds is 31. The molecule has 1 saturated heterocycles. The molecule has 1 aliphatic carbocycles. The number of likely N-dealkylation sites (tertiary alicyclic amines) is 1. The third kappa shape index (κ3) is 18.9. The topological polar surface area (TPSA) is 128 Å². The minimum atomic E-state index is -0.796. The second kappa shape index (κ2) is 28.2. The summed E-state index contributed by atoms with van der Waals surface area (Å²) < 4.78 is 35.1. The molecule has 0 spiro atoms. The second-order valence-electron chi connectivity index (χ2n) is 16.0. The van der Waals surface area contributed by atoms with Crippen LogP contribution in [0.15, 0.2) is 36.4 Å². The lowest BCUT2D eigenvalue weighted by Gasteiger charge is -2.28. The van der Waals surface area contributed by atoms with E-state index in [0.29, 0.717) is 38.9 Å². The summed E-state index contributed by atoms with van der Waals surface area (Å²) in [6.45, 7) is 4.66. The minimum Gasteiger partial charge on any atom is -0.469 e. The van der Waals surface area contributed by atoms with Crippen molar-refractivity contribution in [3.63, 3.8) is 0 Å². The highest BCUT2D eigenvalue weighted by molar-refractivity contribution is 5.75. The lowest BCUT2D eigenvalue weighted by atomic mass is 9.75. The summed E-state index contributed by atoms with van der Waals surface area (Å²) in [7, 11) is 1.39. The molecule has 10 nitrogen and oxygen atoms in total. The van der Waals surface area contributed by atoms with Gasteiger partial charge in [0.15, 0.2) is 0 Å².